The van der Waals surface area contributed by atoms with Gasteiger partial charge in [-0.05, 0) is 31.3 Å². The molecule has 0 aromatic rings. The van der Waals surface area contributed by atoms with Gasteiger partial charge in [0.15, 0.2) is 0 Å². The fourth-order valence-electron chi connectivity index (χ4n) is 2.51. The first-order chi connectivity index (χ1) is 14.3. The van der Waals surface area contributed by atoms with Crippen molar-refractivity contribution in [2.75, 3.05) is 12.0 Å². The van der Waals surface area contributed by atoms with Gasteiger partial charge < -0.3 is 37.6 Å². The standard InChI is InChI=1S/C18H33N5O7S/c1-8(2)13(18(29)30)22-17(28)14(9(3)24)23-16(27)11(5-6-31-4)21-15(26)10(19)7-12(20)25/h8-11,13-14,24H,5-7,19H2,1-4H3,(H2,20,25)(H,21,26)(H,22,28)(H,23,27)(H,29,30). The lowest BCUT2D eigenvalue weighted by Crippen LogP contribution is -2.60. The van der Waals surface area contributed by atoms with E-state index in [1.807, 2.05) is 0 Å². The van der Waals surface area contributed by atoms with Crippen molar-refractivity contribution in [1.82, 2.24) is 16.0 Å². The van der Waals surface area contributed by atoms with Crippen LogP contribution in [-0.4, -0.2) is 82.1 Å². The van der Waals surface area contributed by atoms with Crippen molar-refractivity contribution in [2.45, 2.75) is 63.9 Å². The zero-order valence-electron chi connectivity index (χ0n) is 18.1. The first-order valence-corrected chi connectivity index (χ1v) is 11.1. The summed E-state index contributed by atoms with van der Waals surface area (Å²) in [6, 6.07) is -5.03. The van der Waals surface area contributed by atoms with Crippen molar-refractivity contribution in [2.24, 2.45) is 17.4 Å². The number of carboxylic acids is 1. The Morgan fingerprint density at radius 2 is 1.48 bits per heavy atom. The van der Waals surface area contributed by atoms with Gasteiger partial charge in [0.2, 0.25) is 23.6 Å². The van der Waals surface area contributed by atoms with Crippen molar-refractivity contribution < 1.29 is 34.2 Å². The van der Waals surface area contributed by atoms with Gasteiger partial charge in [0.1, 0.15) is 18.1 Å². The molecule has 0 aromatic carbocycles. The molecule has 4 amide bonds. The van der Waals surface area contributed by atoms with Crippen LogP contribution < -0.4 is 27.4 Å². The third kappa shape index (κ3) is 10.5. The summed E-state index contributed by atoms with van der Waals surface area (Å²) in [6.07, 6.45) is 0.215. The molecular formula is C18H33N5O7S. The lowest BCUT2D eigenvalue weighted by Gasteiger charge is -2.27. The number of thioether (sulfide) groups is 1. The minimum Gasteiger partial charge on any atom is -0.480 e. The quantitative estimate of drug-likeness (QED) is 0.145. The number of nitrogens with one attached hydrogen (secondary N) is 3. The Hall–Kier alpha value is -2.38. The SMILES string of the molecule is CSCCC(NC(=O)C(N)CC(N)=O)C(=O)NC(C(=O)NC(C(=O)O)C(C)C)C(C)O. The summed E-state index contributed by atoms with van der Waals surface area (Å²) in [6.45, 7) is 4.45. The van der Waals surface area contributed by atoms with Gasteiger partial charge in [0.05, 0.1) is 18.6 Å². The first kappa shape index (κ1) is 28.6. The molecule has 31 heavy (non-hydrogen) atoms. The number of hydrogen-bond donors (Lipinski definition) is 7. The number of aliphatic hydroxyl groups excluding tert-OH is 1. The topological polar surface area (TPSA) is 214 Å². The van der Waals surface area contributed by atoms with Crippen LogP contribution in [0.4, 0.5) is 0 Å². The van der Waals surface area contributed by atoms with E-state index >= 15 is 0 Å². The Morgan fingerprint density at radius 1 is 0.935 bits per heavy atom. The molecule has 0 aliphatic carbocycles. The fourth-order valence-corrected chi connectivity index (χ4v) is 2.98. The number of primary amides is 1. The molecule has 5 unspecified atom stereocenters. The zero-order chi connectivity index (χ0) is 24.3. The largest absolute Gasteiger partial charge is 0.480 e. The zero-order valence-corrected chi connectivity index (χ0v) is 18.9. The maximum absolute atomic E-state index is 12.7. The summed E-state index contributed by atoms with van der Waals surface area (Å²) < 4.78 is 0. The van der Waals surface area contributed by atoms with E-state index in [2.05, 4.69) is 16.0 Å². The van der Waals surface area contributed by atoms with Gasteiger partial charge in [-0.2, -0.15) is 11.8 Å². The summed E-state index contributed by atoms with van der Waals surface area (Å²) in [5, 5.41) is 26.2. The number of carbonyl (C=O) groups is 5. The van der Waals surface area contributed by atoms with Gasteiger partial charge in [-0.1, -0.05) is 13.8 Å². The number of nitrogens with two attached hydrogens (primary N) is 2. The molecular weight excluding hydrogens is 430 g/mol. The van der Waals surface area contributed by atoms with Gasteiger partial charge in [-0.25, -0.2) is 4.79 Å². The minimum atomic E-state index is -1.46. The molecule has 13 heteroatoms. The van der Waals surface area contributed by atoms with Crippen molar-refractivity contribution in [1.29, 1.82) is 0 Å². The first-order valence-electron chi connectivity index (χ1n) is 9.66. The summed E-state index contributed by atoms with van der Waals surface area (Å²) in [5.41, 5.74) is 10.6. The molecule has 0 aliphatic heterocycles. The predicted octanol–water partition coefficient (Wildman–Crippen LogP) is -2.48. The second kappa shape index (κ2) is 13.8. The molecule has 0 radical (unpaired) electrons. The van der Waals surface area contributed by atoms with E-state index in [9.17, 15) is 34.2 Å². The van der Waals surface area contributed by atoms with Crippen LogP contribution in [0, 0.1) is 5.92 Å². The lowest BCUT2D eigenvalue weighted by molar-refractivity contribution is -0.144. The van der Waals surface area contributed by atoms with Crippen molar-refractivity contribution in [3.8, 4) is 0 Å². The van der Waals surface area contributed by atoms with Crippen LogP contribution in [0.5, 0.6) is 0 Å². The molecule has 0 heterocycles. The highest BCUT2D eigenvalue weighted by Crippen LogP contribution is 2.06. The average molecular weight is 464 g/mol. The molecule has 0 spiro atoms. The molecule has 0 saturated heterocycles. The molecule has 0 aromatic heterocycles. The lowest BCUT2D eigenvalue weighted by atomic mass is 10.0. The highest BCUT2D eigenvalue weighted by Gasteiger charge is 2.33. The highest BCUT2D eigenvalue weighted by atomic mass is 32.2. The van der Waals surface area contributed by atoms with E-state index < -0.39 is 72.2 Å². The van der Waals surface area contributed by atoms with E-state index in [0.29, 0.717) is 5.75 Å². The minimum absolute atomic E-state index is 0.180. The second-order valence-electron chi connectivity index (χ2n) is 7.41. The molecule has 0 rings (SSSR count). The third-order valence-corrected chi connectivity index (χ3v) is 4.94. The molecule has 5 atom stereocenters. The summed E-state index contributed by atoms with van der Waals surface area (Å²) in [5.74, 6) is -4.43. The van der Waals surface area contributed by atoms with Crippen molar-refractivity contribution in [3.63, 3.8) is 0 Å². The normalized spacial score (nSPS) is 15.8. The molecule has 12 nitrogen and oxygen atoms in total. The van der Waals surface area contributed by atoms with Crippen LogP contribution in [0.1, 0.15) is 33.6 Å². The Labute approximate surface area is 185 Å². The van der Waals surface area contributed by atoms with Gasteiger partial charge in [0, 0.05) is 0 Å². The number of carbonyl (C=O) groups excluding carboxylic acids is 4. The van der Waals surface area contributed by atoms with Gasteiger partial charge in [-0.3, -0.25) is 19.2 Å². The van der Waals surface area contributed by atoms with Crippen LogP contribution in [-0.2, 0) is 24.0 Å². The summed E-state index contributed by atoms with van der Waals surface area (Å²) in [7, 11) is 0. The number of hydrogen-bond acceptors (Lipinski definition) is 8. The molecule has 9 N–H and O–H groups in total. The molecule has 178 valence electrons. The highest BCUT2D eigenvalue weighted by molar-refractivity contribution is 7.98. The Balaban J connectivity index is 5.38. The molecule has 0 aliphatic rings. The van der Waals surface area contributed by atoms with E-state index in [1.54, 1.807) is 20.1 Å². The van der Waals surface area contributed by atoms with Gasteiger partial charge in [0.25, 0.3) is 0 Å². The maximum Gasteiger partial charge on any atom is 0.326 e. The Morgan fingerprint density at radius 3 is 1.90 bits per heavy atom. The molecule has 0 bridgehead atoms. The Bertz CT molecular complexity index is 659. The van der Waals surface area contributed by atoms with Crippen LogP contribution in [0.3, 0.4) is 0 Å². The van der Waals surface area contributed by atoms with Crippen LogP contribution >= 0.6 is 11.8 Å². The summed E-state index contributed by atoms with van der Waals surface area (Å²) in [4.78, 5) is 59.7. The Kier molecular flexibility index (Phi) is 12.8. The fraction of sp³-hybridized carbons (Fsp3) is 0.722. The van der Waals surface area contributed by atoms with Gasteiger partial charge >= 0.3 is 5.97 Å². The summed E-state index contributed by atoms with van der Waals surface area (Å²) >= 11 is 1.41. The van der Waals surface area contributed by atoms with Crippen molar-refractivity contribution >= 4 is 41.4 Å². The number of aliphatic hydroxyl groups is 1. The third-order valence-electron chi connectivity index (χ3n) is 4.29. The number of carboxylic acid groups (broad SMARTS) is 1. The predicted molar refractivity (Wildman–Crippen MR) is 115 cm³/mol. The smallest absolute Gasteiger partial charge is 0.326 e. The maximum atomic E-state index is 12.7. The van der Waals surface area contributed by atoms with Crippen molar-refractivity contribution in [3.05, 3.63) is 0 Å². The van der Waals surface area contributed by atoms with E-state index in [1.165, 1.54) is 18.7 Å². The van der Waals surface area contributed by atoms with E-state index in [4.69, 9.17) is 11.5 Å². The number of amides is 4. The van der Waals surface area contributed by atoms with E-state index in [-0.39, 0.29) is 6.42 Å². The van der Waals surface area contributed by atoms with Crippen LogP contribution in [0.25, 0.3) is 0 Å². The van der Waals surface area contributed by atoms with Crippen LogP contribution in [0.15, 0.2) is 0 Å². The monoisotopic (exact) mass is 463 g/mol. The van der Waals surface area contributed by atoms with E-state index in [0.717, 1.165) is 0 Å². The second-order valence-corrected chi connectivity index (χ2v) is 8.40. The van der Waals surface area contributed by atoms with Crippen LogP contribution in [0.2, 0.25) is 0 Å². The number of aliphatic carboxylic acids is 1. The average Bonchev–Trinajstić information content (AvgIpc) is 2.65. The molecule has 0 saturated carbocycles. The number of rotatable bonds is 14. The van der Waals surface area contributed by atoms with Gasteiger partial charge in [-0.15, -0.1) is 0 Å². The molecule has 0 fully saturated rings.